The van der Waals surface area contributed by atoms with E-state index in [0.717, 1.165) is 35.1 Å². The molecule has 1 aliphatic carbocycles. The first kappa shape index (κ1) is 19.2. The van der Waals surface area contributed by atoms with Crippen LogP contribution in [-0.2, 0) is 12.4 Å². The van der Waals surface area contributed by atoms with E-state index < -0.39 is 0 Å². The van der Waals surface area contributed by atoms with Gasteiger partial charge in [0.15, 0.2) is 16.7 Å². The maximum Gasteiger partial charge on any atom is 0.205 e. The van der Waals surface area contributed by atoms with Gasteiger partial charge in [0.1, 0.15) is 12.4 Å². The number of hydrogen-bond donors (Lipinski definition) is 0. The van der Waals surface area contributed by atoms with E-state index >= 15 is 0 Å². The molecule has 30 heavy (non-hydrogen) atoms. The number of para-hydroxylation sites is 1. The number of rotatable bonds is 8. The first-order valence-electron chi connectivity index (χ1n) is 9.72. The number of hydrogen-bond acceptors (Lipinski definition) is 6. The molecule has 0 spiro atoms. The summed E-state index contributed by atoms with van der Waals surface area (Å²) in [4.78, 5) is 4.41. The summed E-state index contributed by atoms with van der Waals surface area (Å²) in [5.74, 6) is 3.47. The second-order valence-electron chi connectivity index (χ2n) is 6.99. The molecule has 0 unspecified atom stereocenters. The molecule has 1 fully saturated rings. The van der Waals surface area contributed by atoms with Gasteiger partial charge < -0.3 is 9.15 Å². The minimum absolute atomic E-state index is 0.324. The fourth-order valence-electron chi connectivity index (χ4n) is 3.15. The van der Waals surface area contributed by atoms with Crippen LogP contribution < -0.4 is 4.74 Å². The first-order valence-corrected chi connectivity index (χ1v) is 11.1. The van der Waals surface area contributed by atoms with Gasteiger partial charge in [0.2, 0.25) is 5.89 Å². The van der Waals surface area contributed by atoms with Crippen LogP contribution in [0.5, 0.6) is 5.75 Å². The van der Waals surface area contributed by atoms with E-state index in [2.05, 4.69) is 19.7 Å². The SMILES string of the molecule is Clc1ccccc1OCc1nnc(SCc2ncc(-c3ccccc3)o2)n1C1CC1. The molecular formula is C22H19ClN4O2S. The van der Waals surface area contributed by atoms with E-state index in [0.29, 0.717) is 35.1 Å². The van der Waals surface area contributed by atoms with Crippen molar-refractivity contribution >= 4 is 23.4 Å². The lowest BCUT2D eigenvalue weighted by atomic mass is 10.2. The summed E-state index contributed by atoms with van der Waals surface area (Å²) in [6, 6.07) is 17.8. The highest BCUT2D eigenvalue weighted by atomic mass is 35.5. The monoisotopic (exact) mass is 438 g/mol. The van der Waals surface area contributed by atoms with Gasteiger partial charge in [-0.3, -0.25) is 4.57 Å². The Morgan fingerprint density at radius 2 is 1.87 bits per heavy atom. The van der Waals surface area contributed by atoms with Crippen molar-refractivity contribution in [3.63, 3.8) is 0 Å². The zero-order valence-electron chi connectivity index (χ0n) is 16.1. The van der Waals surface area contributed by atoms with E-state index in [1.165, 1.54) is 0 Å². The maximum absolute atomic E-state index is 6.18. The molecule has 0 saturated heterocycles. The predicted octanol–water partition coefficient (Wildman–Crippen LogP) is 5.79. The van der Waals surface area contributed by atoms with Gasteiger partial charge in [-0.25, -0.2) is 4.98 Å². The molecule has 2 aromatic carbocycles. The Balaban J connectivity index is 1.27. The molecule has 0 amide bonds. The highest BCUT2D eigenvalue weighted by Gasteiger charge is 2.30. The molecule has 6 nitrogen and oxygen atoms in total. The fourth-order valence-corrected chi connectivity index (χ4v) is 4.22. The van der Waals surface area contributed by atoms with Crippen molar-refractivity contribution in [2.75, 3.05) is 0 Å². The number of benzene rings is 2. The molecule has 0 N–H and O–H groups in total. The van der Waals surface area contributed by atoms with Crippen LogP contribution in [0.3, 0.4) is 0 Å². The maximum atomic E-state index is 6.18. The van der Waals surface area contributed by atoms with Crippen molar-refractivity contribution in [3.05, 3.63) is 77.5 Å². The minimum Gasteiger partial charge on any atom is -0.484 e. The third-order valence-electron chi connectivity index (χ3n) is 4.78. The van der Waals surface area contributed by atoms with Crippen LogP contribution >= 0.6 is 23.4 Å². The molecule has 8 heteroatoms. The molecule has 0 bridgehead atoms. The molecule has 1 aliphatic rings. The minimum atomic E-state index is 0.324. The first-order chi connectivity index (χ1) is 14.8. The predicted molar refractivity (Wildman–Crippen MR) is 116 cm³/mol. The quantitative estimate of drug-likeness (QED) is 0.324. The molecule has 0 aliphatic heterocycles. The van der Waals surface area contributed by atoms with Crippen molar-refractivity contribution < 1.29 is 9.15 Å². The van der Waals surface area contributed by atoms with Gasteiger partial charge in [0.05, 0.1) is 17.0 Å². The van der Waals surface area contributed by atoms with Crippen LogP contribution in [-0.4, -0.2) is 19.7 Å². The number of oxazole rings is 1. The zero-order valence-corrected chi connectivity index (χ0v) is 17.6. The fraction of sp³-hybridized carbons (Fsp3) is 0.227. The summed E-state index contributed by atoms with van der Waals surface area (Å²) in [5.41, 5.74) is 1.02. The largest absolute Gasteiger partial charge is 0.484 e. The molecule has 4 aromatic rings. The normalized spacial score (nSPS) is 13.5. The second kappa shape index (κ2) is 8.53. The Bertz CT molecular complexity index is 1140. The molecule has 152 valence electrons. The molecular weight excluding hydrogens is 420 g/mol. The lowest BCUT2D eigenvalue weighted by Crippen LogP contribution is -2.07. The summed E-state index contributed by atoms with van der Waals surface area (Å²) in [6.45, 7) is 0.324. The average molecular weight is 439 g/mol. The van der Waals surface area contributed by atoms with Gasteiger partial charge in [-0.1, -0.05) is 65.8 Å². The van der Waals surface area contributed by atoms with Gasteiger partial charge >= 0.3 is 0 Å². The van der Waals surface area contributed by atoms with Crippen molar-refractivity contribution in [2.24, 2.45) is 0 Å². The molecule has 1 saturated carbocycles. The molecule has 0 radical (unpaired) electrons. The Morgan fingerprint density at radius 3 is 2.67 bits per heavy atom. The lowest BCUT2D eigenvalue weighted by molar-refractivity contribution is 0.288. The van der Waals surface area contributed by atoms with Crippen molar-refractivity contribution in [2.45, 2.75) is 36.4 Å². The standard InChI is InChI=1S/C22H19ClN4O2S/c23-17-8-4-5-9-18(17)28-13-20-25-26-22(27(20)16-10-11-16)30-14-21-24-12-19(29-21)15-6-2-1-3-7-15/h1-9,12,16H,10-11,13-14H2. The second-order valence-corrected chi connectivity index (χ2v) is 8.34. The average Bonchev–Trinajstić information content (AvgIpc) is 3.36. The van der Waals surface area contributed by atoms with Crippen molar-refractivity contribution in [3.8, 4) is 17.1 Å². The Morgan fingerprint density at radius 1 is 1.07 bits per heavy atom. The lowest BCUT2D eigenvalue weighted by Gasteiger charge is -2.10. The molecule has 0 atom stereocenters. The number of nitrogens with zero attached hydrogens (tertiary/aromatic N) is 4. The topological polar surface area (TPSA) is 66.0 Å². The number of halogens is 1. The molecule has 2 aromatic heterocycles. The van der Waals surface area contributed by atoms with Crippen LogP contribution in [0, 0.1) is 0 Å². The Labute approximate surface area is 183 Å². The summed E-state index contributed by atoms with van der Waals surface area (Å²) in [7, 11) is 0. The third kappa shape index (κ3) is 4.22. The smallest absolute Gasteiger partial charge is 0.205 e. The van der Waals surface area contributed by atoms with E-state index in [1.54, 1.807) is 18.0 Å². The van der Waals surface area contributed by atoms with Crippen LogP contribution in [0.4, 0.5) is 0 Å². The van der Waals surface area contributed by atoms with Gasteiger partial charge in [-0.15, -0.1) is 10.2 Å². The zero-order chi connectivity index (χ0) is 20.3. The van der Waals surface area contributed by atoms with Crippen LogP contribution in [0.1, 0.15) is 30.6 Å². The number of ether oxygens (including phenoxy) is 1. The van der Waals surface area contributed by atoms with Crippen molar-refractivity contribution in [1.29, 1.82) is 0 Å². The van der Waals surface area contributed by atoms with Gasteiger partial charge in [0, 0.05) is 11.6 Å². The van der Waals surface area contributed by atoms with Crippen LogP contribution in [0.2, 0.25) is 5.02 Å². The number of aromatic nitrogens is 4. The highest BCUT2D eigenvalue weighted by Crippen LogP contribution is 2.39. The summed E-state index contributed by atoms with van der Waals surface area (Å²) < 4.78 is 13.9. The van der Waals surface area contributed by atoms with E-state index in [1.807, 2.05) is 54.6 Å². The molecule has 5 rings (SSSR count). The Kier molecular flexibility index (Phi) is 5.46. The number of thioether (sulfide) groups is 1. The molecule has 2 heterocycles. The van der Waals surface area contributed by atoms with Gasteiger partial charge in [-0.2, -0.15) is 0 Å². The van der Waals surface area contributed by atoms with E-state index in [9.17, 15) is 0 Å². The summed E-state index contributed by atoms with van der Waals surface area (Å²) >= 11 is 7.76. The van der Waals surface area contributed by atoms with E-state index in [-0.39, 0.29) is 0 Å². The highest BCUT2D eigenvalue weighted by molar-refractivity contribution is 7.98. The third-order valence-corrected chi connectivity index (χ3v) is 6.02. The van der Waals surface area contributed by atoms with Crippen LogP contribution in [0.25, 0.3) is 11.3 Å². The Hall–Kier alpha value is -2.77. The van der Waals surface area contributed by atoms with Crippen LogP contribution in [0.15, 0.2) is 70.4 Å². The van der Waals surface area contributed by atoms with Crippen molar-refractivity contribution in [1.82, 2.24) is 19.7 Å². The van der Waals surface area contributed by atoms with Gasteiger partial charge in [-0.05, 0) is 25.0 Å². The van der Waals surface area contributed by atoms with E-state index in [4.69, 9.17) is 20.8 Å². The summed E-state index contributed by atoms with van der Waals surface area (Å²) in [5, 5.41) is 10.2. The van der Waals surface area contributed by atoms with Gasteiger partial charge in [0.25, 0.3) is 0 Å². The summed E-state index contributed by atoms with van der Waals surface area (Å²) in [6.07, 6.45) is 4.02.